The lowest BCUT2D eigenvalue weighted by molar-refractivity contribution is 0.0992. The fourth-order valence-corrected chi connectivity index (χ4v) is 1.96. The molecule has 0 aromatic heterocycles. The van der Waals surface area contributed by atoms with Crippen molar-refractivity contribution in [3.05, 3.63) is 59.4 Å². The molecule has 0 saturated heterocycles. The third-order valence-corrected chi connectivity index (χ3v) is 2.97. The van der Waals surface area contributed by atoms with Crippen LogP contribution in [0.2, 0.25) is 0 Å². The number of halogens is 1. The molecule has 3 nitrogen and oxygen atoms in total. The monoisotopic (exact) mass is 258 g/mol. The van der Waals surface area contributed by atoms with E-state index in [4.69, 9.17) is 9.47 Å². The average molecular weight is 258 g/mol. The molecule has 0 unspecified atom stereocenters. The molecule has 19 heavy (non-hydrogen) atoms. The number of fused-ring (bicyclic) bond motifs is 1. The average Bonchev–Trinajstić information content (AvgIpc) is 2.88. The van der Waals surface area contributed by atoms with Crippen LogP contribution in [0.25, 0.3) is 0 Å². The van der Waals surface area contributed by atoms with E-state index in [1.54, 1.807) is 30.3 Å². The van der Waals surface area contributed by atoms with Gasteiger partial charge in [-0.1, -0.05) is 12.1 Å². The molecular formula is C15H11FO3. The van der Waals surface area contributed by atoms with Crippen LogP contribution in [0, 0.1) is 5.82 Å². The number of Topliss-reactive ketones (excluding diaryl/α,β-unsaturated/α-hetero) is 1. The summed E-state index contributed by atoms with van der Waals surface area (Å²) in [5, 5.41) is 0. The largest absolute Gasteiger partial charge is 0.454 e. The summed E-state index contributed by atoms with van der Waals surface area (Å²) in [4.78, 5) is 12.1. The van der Waals surface area contributed by atoms with E-state index in [9.17, 15) is 9.18 Å². The first kappa shape index (κ1) is 11.7. The first-order valence-corrected chi connectivity index (χ1v) is 5.90. The van der Waals surface area contributed by atoms with Crippen LogP contribution in [0.15, 0.2) is 42.5 Å². The van der Waals surface area contributed by atoms with Gasteiger partial charge in [0.25, 0.3) is 0 Å². The third-order valence-electron chi connectivity index (χ3n) is 2.97. The first-order chi connectivity index (χ1) is 9.22. The second kappa shape index (κ2) is 4.72. The Labute approximate surface area is 109 Å². The van der Waals surface area contributed by atoms with Crippen molar-refractivity contribution in [2.24, 2.45) is 0 Å². The van der Waals surface area contributed by atoms with Crippen LogP contribution >= 0.6 is 0 Å². The highest BCUT2D eigenvalue weighted by atomic mass is 19.1. The van der Waals surface area contributed by atoms with Crippen molar-refractivity contribution in [1.82, 2.24) is 0 Å². The van der Waals surface area contributed by atoms with Crippen LogP contribution in [-0.4, -0.2) is 12.6 Å². The quantitative estimate of drug-likeness (QED) is 0.794. The van der Waals surface area contributed by atoms with E-state index in [-0.39, 0.29) is 24.8 Å². The number of ether oxygens (including phenoxy) is 2. The predicted octanol–water partition coefficient (Wildman–Crippen LogP) is 2.98. The highest BCUT2D eigenvalue weighted by Gasteiger charge is 2.16. The standard InChI is InChI=1S/C15H11FO3/c16-12-4-1-10(2-5-12)7-13(17)11-3-6-14-15(8-11)19-9-18-14/h1-6,8H,7,9H2. The molecule has 0 atom stereocenters. The van der Waals surface area contributed by atoms with Crippen molar-refractivity contribution in [1.29, 1.82) is 0 Å². The lowest BCUT2D eigenvalue weighted by Crippen LogP contribution is -2.03. The number of hydrogen-bond acceptors (Lipinski definition) is 3. The van der Waals surface area contributed by atoms with Gasteiger partial charge < -0.3 is 9.47 Å². The smallest absolute Gasteiger partial charge is 0.231 e. The number of ketones is 1. The molecule has 0 spiro atoms. The lowest BCUT2D eigenvalue weighted by Gasteiger charge is -2.03. The molecule has 0 radical (unpaired) electrons. The molecule has 0 fully saturated rings. The minimum absolute atomic E-state index is 0.0371. The van der Waals surface area contributed by atoms with E-state index in [0.29, 0.717) is 17.1 Å². The van der Waals surface area contributed by atoms with Gasteiger partial charge in [-0.3, -0.25) is 4.79 Å². The van der Waals surface area contributed by atoms with Gasteiger partial charge >= 0.3 is 0 Å². The van der Waals surface area contributed by atoms with Gasteiger partial charge in [0.2, 0.25) is 6.79 Å². The van der Waals surface area contributed by atoms with Crippen LogP contribution in [0.1, 0.15) is 15.9 Å². The molecule has 0 amide bonds. The fourth-order valence-electron chi connectivity index (χ4n) is 1.96. The van der Waals surface area contributed by atoms with Gasteiger partial charge in [-0.2, -0.15) is 0 Å². The second-order valence-corrected chi connectivity index (χ2v) is 4.29. The maximum absolute atomic E-state index is 12.8. The molecule has 3 rings (SSSR count). The summed E-state index contributed by atoms with van der Waals surface area (Å²) in [6, 6.07) is 11.0. The molecule has 4 heteroatoms. The topological polar surface area (TPSA) is 35.5 Å². The Morgan fingerprint density at radius 3 is 2.58 bits per heavy atom. The highest BCUT2D eigenvalue weighted by Crippen LogP contribution is 2.32. The molecule has 0 saturated carbocycles. The van der Waals surface area contributed by atoms with Gasteiger partial charge in [0, 0.05) is 12.0 Å². The Balaban J connectivity index is 1.78. The molecular weight excluding hydrogens is 247 g/mol. The molecule has 2 aromatic rings. The van der Waals surface area contributed by atoms with E-state index < -0.39 is 0 Å². The SMILES string of the molecule is O=C(Cc1ccc(F)cc1)c1ccc2c(c1)OCO2. The van der Waals surface area contributed by atoms with Gasteiger partial charge in [0.05, 0.1) is 0 Å². The predicted molar refractivity (Wildman–Crippen MR) is 67.0 cm³/mol. The minimum Gasteiger partial charge on any atom is -0.454 e. The zero-order chi connectivity index (χ0) is 13.2. The van der Waals surface area contributed by atoms with Gasteiger partial charge in [0.1, 0.15) is 5.82 Å². The number of carbonyl (C=O) groups is 1. The summed E-state index contributed by atoms with van der Waals surface area (Å²) in [5.41, 5.74) is 1.35. The molecule has 1 aliphatic heterocycles. The summed E-state index contributed by atoms with van der Waals surface area (Å²) in [6.45, 7) is 0.185. The zero-order valence-corrected chi connectivity index (χ0v) is 10.1. The lowest BCUT2D eigenvalue weighted by atomic mass is 10.0. The molecule has 96 valence electrons. The van der Waals surface area contributed by atoms with E-state index in [2.05, 4.69) is 0 Å². The van der Waals surface area contributed by atoms with Gasteiger partial charge in [-0.15, -0.1) is 0 Å². The summed E-state index contributed by atoms with van der Waals surface area (Å²) in [5.74, 6) is 0.896. The van der Waals surface area contributed by atoms with Crippen molar-refractivity contribution in [3.63, 3.8) is 0 Å². The van der Waals surface area contributed by atoms with Crippen molar-refractivity contribution < 1.29 is 18.7 Å². The fraction of sp³-hybridized carbons (Fsp3) is 0.133. The Morgan fingerprint density at radius 2 is 1.79 bits per heavy atom. The van der Waals surface area contributed by atoms with Crippen LogP contribution in [0.3, 0.4) is 0 Å². The van der Waals surface area contributed by atoms with Crippen LogP contribution < -0.4 is 9.47 Å². The number of hydrogen-bond donors (Lipinski definition) is 0. The van der Waals surface area contributed by atoms with Crippen molar-refractivity contribution in [3.8, 4) is 11.5 Å². The Morgan fingerprint density at radius 1 is 1.05 bits per heavy atom. The van der Waals surface area contributed by atoms with E-state index in [1.165, 1.54) is 12.1 Å². The minimum atomic E-state index is -0.306. The molecule has 1 aliphatic rings. The van der Waals surface area contributed by atoms with Crippen LogP contribution in [-0.2, 0) is 6.42 Å². The van der Waals surface area contributed by atoms with Crippen LogP contribution in [0.5, 0.6) is 11.5 Å². The Bertz CT molecular complexity index is 620. The zero-order valence-electron chi connectivity index (χ0n) is 10.1. The maximum Gasteiger partial charge on any atom is 0.231 e. The Hall–Kier alpha value is -2.36. The first-order valence-electron chi connectivity index (χ1n) is 5.90. The molecule has 0 aliphatic carbocycles. The Kier molecular flexibility index (Phi) is 2.91. The molecule has 0 N–H and O–H groups in total. The highest BCUT2D eigenvalue weighted by molar-refractivity contribution is 5.98. The van der Waals surface area contributed by atoms with Gasteiger partial charge in [-0.25, -0.2) is 4.39 Å². The molecule has 0 bridgehead atoms. The summed E-state index contributed by atoms with van der Waals surface area (Å²) >= 11 is 0. The number of rotatable bonds is 3. The van der Waals surface area contributed by atoms with E-state index in [1.807, 2.05) is 0 Å². The normalized spacial score (nSPS) is 12.5. The van der Waals surface area contributed by atoms with E-state index in [0.717, 1.165) is 5.56 Å². The molecule has 2 aromatic carbocycles. The van der Waals surface area contributed by atoms with Crippen molar-refractivity contribution in [2.75, 3.05) is 6.79 Å². The van der Waals surface area contributed by atoms with Gasteiger partial charge in [-0.05, 0) is 35.9 Å². The summed E-state index contributed by atoms with van der Waals surface area (Å²) in [7, 11) is 0. The van der Waals surface area contributed by atoms with Crippen molar-refractivity contribution >= 4 is 5.78 Å². The van der Waals surface area contributed by atoms with E-state index >= 15 is 0 Å². The summed E-state index contributed by atoms with van der Waals surface area (Å²) in [6.07, 6.45) is 0.236. The summed E-state index contributed by atoms with van der Waals surface area (Å²) < 4.78 is 23.2. The third kappa shape index (κ3) is 2.42. The number of benzene rings is 2. The van der Waals surface area contributed by atoms with Crippen LogP contribution in [0.4, 0.5) is 4.39 Å². The maximum atomic E-state index is 12.8. The van der Waals surface area contributed by atoms with Gasteiger partial charge in [0.15, 0.2) is 17.3 Å². The second-order valence-electron chi connectivity index (χ2n) is 4.29. The number of carbonyl (C=O) groups excluding carboxylic acids is 1. The van der Waals surface area contributed by atoms with Crippen molar-refractivity contribution in [2.45, 2.75) is 6.42 Å². The molecule has 1 heterocycles.